The van der Waals surface area contributed by atoms with Gasteiger partial charge < -0.3 is 10.1 Å². The van der Waals surface area contributed by atoms with Crippen molar-refractivity contribution in [3.8, 4) is 0 Å². The molecule has 0 amide bonds. The van der Waals surface area contributed by atoms with Crippen LogP contribution in [0.25, 0.3) is 5.57 Å². The van der Waals surface area contributed by atoms with Gasteiger partial charge >= 0.3 is 5.97 Å². The monoisotopic (exact) mass is 331 g/mol. The summed E-state index contributed by atoms with van der Waals surface area (Å²) in [6.45, 7) is 4.99. The van der Waals surface area contributed by atoms with E-state index < -0.39 is 0 Å². The molecule has 2 aromatic rings. The van der Waals surface area contributed by atoms with Gasteiger partial charge in [0.25, 0.3) is 0 Å². The third kappa shape index (κ3) is 4.27. The Morgan fingerprint density at radius 3 is 2.76 bits per heavy atom. The summed E-state index contributed by atoms with van der Waals surface area (Å²) in [5.74, 6) is -0.357. The van der Waals surface area contributed by atoms with Crippen LogP contribution in [0.15, 0.2) is 79.4 Å². The summed E-state index contributed by atoms with van der Waals surface area (Å²) in [5.41, 5.74) is 5.48. The van der Waals surface area contributed by atoms with Crippen LogP contribution >= 0.6 is 0 Å². The van der Waals surface area contributed by atoms with Gasteiger partial charge in [-0.2, -0.15) is 0 Å². The zero-order chi connectivity index (χ0) is 17.5. The number of rotatable bonds is 6. The molecule has 1 aliphatic rings. The lowest BCUT2D eigenvalue weighted by atomic mass is 9.97. The van der Waals surface area contributed by atoms with Crippen LogP contribution in [0.3, 0.4) is 0 Å². The number of carbonyl (C=O) groups excluding carboxylic acids is 1. The average molecular weight is 331 g/mol. The maximum absolute atomic E-state index is 12.0. The normalized spacial score (nSPS) is 13.4. The zero-order valence-corrected chi connectivity index (χ0v) is 14.1. The molecular weight excluding hydrogens is 310 g/mol. The second-order valence-corrected chi connectivity index (χ2v) is 5.79. The van der Waals surface area contributed by atoms with Crippen molar-refractivity contribution in [1.82, 2.24) is 0 Å². The Kier molecular flexibility index (Phi) is 5.47. The maximum atomic E-state index is 12.0. The van der Waals surface area contributed by atoms with E-state index in [0.29, 0.717) is 0 Å². The van der Waals surface area contributed by atoms with Gasteiger partial charge in [-0.1, -0.05) is 61.2 Å². The largest absolute Gasteiger partial charge is 0.458 e. The molecular formula is C22H21NO2. The predicted octanol–water partition coefficient (Wildman–Crippen LogP) is 4.52. The van der Waals surface area contributed by atoms with Crippen LogP contribution in [0.1, 0.15) is 16.7 Å². The highest BCUT2D eigenvalue weighted by Crippen LogP contribution is 2.30. The summed E-state index contributed by atoms with van der Waals surface area (Å²) in [5, 5.41) is 3.37. The molecule has 0 atom stereocenters. The Morgan fingerprint density at radius 2 is 1.96 bits per heavy atom. The minimum atomic E-state index is -0.357. The van der Waals surface area contributed by atoms with E-state index in [1.807, 2.05) is 42.5 Å². The summed E-state index contributed by atoms with van der Waals surface area (Å²) < 4.78 is 5.29. The van der Waals surface area contributed by atoms with Crippen molar-refractivity contribution in [2.24, 2.45) is 0 Å². The van der Waals surface area contributed by atoms with E-state index >= 15 is 0 Å². The molecule has 0 fully saturated rings. The summed E-state index contributed by atoms with van der Waals surface area (Å²) in [7, 11) is 0. The van der Waals surface area contributed by atoms with Crippen LogP contribution in [0.5, 0.6) is 0 Å². The second-order valence-electron chi connectivity index (χ2n) is 5.79. The first-order chi connectivity index (χ1) is 12.3. The minimum Gasteiger partial charge on any atom is -0.458 e. The third-order valence-corrected chi connectivity index (χ3v) is 4.10. The van der Waals surface area contributed by atoms with Crippen molar-refractivity contribution < 1.29 is 9.53 Å². The predicted molar refractivity (Wildman–Crippen MR) is 102 cm³/mol. The number of fused-ring (bicyclic) bond motifs is 1. The first-order valence-electron chi connectivity index (χ1n) is 8.35. The number of anilines is 1. The van der Waals surface area contributed by atoms with Crippen molar-refractivity contribution in [1.29, 1.82) is 0 Å². The van der Waals surface area contributed by atoms with Crippen molar-refractivity contribution in [3.63, 3.8) is 0 Å². The van der Waals surface area contributed by atoms with Crippen molar-refractivity contribution in [2.75, 3.05) is 11.9 Å². The number of ether oxygens (including phenoxy) is 1. The van der Waals surface area contributed by atoms with E-state index in [4.69, 9.17) is 4.74 Å². The Labute approximate surface area is 148 Å². The number of carbonyl (C=O) groups is 1. The number of hydrogen-bond donors (Lipinski definition) is 1. The summed E-state index contributed by atoms with van der Waals surface area (Å²) in [4.78, 5) is 12.0. The van der Waals surface area contributed by atoms with E-state index in [9.17, 15) is 4.79 Å². The highest BCUT2D eigenvalue weighted by molar-refractivity contribution is 5.89. The van der Waals surface area contributed by atoms with Crippen LogP contribution in [0.2, 0.25) is 0 Å². The fourth-order valence-corrected chi connectivity index (χ4v) is 2.91. The lowest BCUT2D eigenvalue weighted by Gasteiger charge is -2.09. The SMILES string of the molecule is C=C/C=C(\C=C/C(=O)OCc1ccccc1)c1cccc2c1CCN2. The molecule has 3 rings (SSSR count). The fraction of sp³-hybridized carbons (Fsp3) is 0.136. The number of esters is 1. The number of hydrogen-bond acceptors (Lipinski definition) is 3. The highest BCUT2D eigenvalue weighted by Gasteiger charge is 2.15. The molecule has 2 aromatic carbocycles. The van der Waals surface area contributed by atoms with Crippen molar-refractivity contribution >= 4 is 17.2 Å². The molecule has 1 heterocycles. The quantitative estimate of drug-likeness (QED) is 0.480. The van der Waals surface area contributed by atoms with E-state index in [0.717, 1.165) is 35.4 Å². The van der Waals surface area contributed by atoms with Crippen LogP contribution in [0, 0.1) is 0 Å². The molecule has 1 aliphatic heterocycles. The molecule has 0 saturated carbocycles. The molecule has 0 saturated heterocycles. The highest BCUT2D eigenvalue weighted by atomic mass is 16.5. The van der Waals surface area contributed by atoms with Crippen molar-refractivity contribution in [3.05, 3.63) is 96.1 Å². The molecule has 1 N–H and O–H groups in total. The van der Waals surface area contributed by atoms with Gasteiger partial charge in [0.15, 0.2) is 0 Å². The van der Waals surface area contributed by atoms with Crippen molar-refractivity contribution in [2.45, 2.75) is 13.0 Å². The number of allylic oxidation sites excluding steroid dienone is 4. The summed E-state index contributed by atoms with van der Waals surface area (Å²) in [6, 6.07) is 15.8. The van der Waals surface area contributed by atoms with E-state index in [2.05, 4.69) is 24.0 Å². The Balaban J connectivity index is 1.71. The Hall–Kier alpha value is -3.07. The molecule has 0 unspecified atom stereocenters. The Morgan fingerprint density at radius 1 is 1.12 bits per heavy atom. The van der Waals surface area contributed by atoms with Crippen LogP contribution in [0.4, 0.5) is 5.69 Å². The summed E-state index contributed by atoms with van der Waals surface area (Å²) in [6.07, 6.45) is 7.89. The Bertz CT molecular complexity index is 819. The third-order valence-electron chi connectivity index (χ3n) is 4.10. The molecule has 0 radical (unpaired) electrons. The number of benzene rings is 2. The molecule has 0 bridgehead atoms. The lowest BCUT2D eigenvalue weighted by molar-refractivity contribution is -0.139. The van der Waals surface area contributed by atoms with Gasteiger partial charge in [-0.3, -0.25) is 0 Å². The molecule has 0 spiro atoms. The minimum absolute atomic E-state index is 0.273. The zero-order valence-electron chi connectivity index (χ0n) is 14.1. The first kappa shape index (κ1) is 16.8. The van der Waals surface area contributed by atoms with Gasteiger partial charge in [-0.25, -0.2) is 4.79 Å². The smallest absolute Gasteiger partial charge is 0.331 e. The average Bonchev–Trinajstić information content (AvgIpc) is 3.13. The number of nitrogens with one attached hydrogen (secondary N) is 1. The van der Waals surface area contributed by atoms with Gasteiger partial charge in [-0.05, 0) is 40.8 Å². The topological polar surface area (TPSA) is 38.3 Å². The fourth-order valence-electron chi connectivity index (χ4n) is 2.91. The van der Waals surface area contributed by atoms with Gasteiger partial charge in [-0.15, -0.1) is 0 Å². The van der Waals surface area contributed by atoms with Gasteiger partial charge in [0.2, 0.25) is 0 Å². The van der Waals surface area contributed by atoms with E-state index in [1.54, 1.807) is 12.2 Å². The van der Waals surface area contributed by atoms with Gasteiger partial charge in [0.05, 0.1) is 0 Å². The molecule has 126 valence electrons. The van der Waals surface area contributed by atoms with Crippen LogP contribution < -0.4 is 5.32 Å². The molecule has 3 nitrogen and oxygen atoms in total. The van der Waals surface area contributed by atoms with Crippen LogP contribution in [-0.2, 0) is 22.6 Å². The molecule has 25 heavy (non-hydrogen) atoms. The molecule has 0 aliphatic carbocycles. The molecule has 0 aromatic heterocycles. The van der Waals surface area contributed by atoms with Crippen LogP contribution in [-0.4, -0.2) is 12.5 Å². The van der Waals surface area contributed by atoms with E-state index in [1.165, 1.54) is 11.6 Å². The van der Waals surface area contributed by atoms with Gasteiger partial charge in [0, 0.05) is 18.3 Å². The summed E-state index contributed by atoms with van der Waals surface area (Å²) >= 11 is 0. The maximum Gasteiger partial charge on any atom is 0.331 e. The second kappa shape index (κ2) is 8.15. The standard InChI is InChI=1S/C22H21NO2/c1-2-7-18(19-10-6-11-21-20(19)14-15-23-21)12-13-22(24)25-16-17-8-4-3-5-9-17/h2-13,23H,1,14-16H2/b13-12-,18-7+. The lowest BCUT2D eigenvalue weighted by Crippen LogP contribution is -2.01. The molecule has 3 heteroatoms. The van der Waals surface area contributed by atoms with E-state index in [-0.39, 0.29) is 12.6 Å². The first-order valence-corrected chi connectivity index (χ1v) is 8.35. The van der Waals surface area contributed by atoms with Gasteiger partial charge in [0.1, 0.15) is 6.61 Å².